The molecule has 2 rings (SSSR count). The number of nitrogens with zero attached hydrogens (tertiary/aromatic N) is 5. The summed E-state index contributed by atoms with van der Waals surface area (Å²) in [5, 5.41) is 11.0. The molecule has 2 heterocycles. The smallest absolute Gasteiger partial charge is 0.287 e. The van der Waals surface area contributed by atoms with Crippen LogP contribution in [-0.2, 0) is 13.0 Å². The minimum atomic E-state index is -0.303. The zero-order valence-electron chi connectivity index (χ0n) is 11.9. The van der Waals surface area contributed by atoms with Crippen LogP contribution in [0.3, 0.4) is 0 Å². The number of likely N-dealkylation sites (N-methyl/N-ethyl adjacent to an activating group) is 1. The minimum Gasteiger partial charge on any atom is -0.382 e. The van der Waals surface area contributed by atoms with Crippen LogP contribution in [0.4, 0.5) is 5.69 Å². The van der Waals surface area contributed by atoms with Crippen molar-refractivity contribution in [3.63, 3.8) is 0 Å². The number of aromatic nitrogens is 4. The van der Waals surface area contributed by atoms with Crippen molar-refractivity contribution in [2.45, 2.75) is 13.0 Å². The monoisotopic (exact) mass is 312 g/mol. The Hall–Kier alpha value is -1.93. The number of rotatable bonds is 7. The number of hydrogen-bond acceptors (Lipinski definition) is 7. The first kappa shape index (κ1) is 15.5. The maximum Gasteiger partial charge on any atom is 0.287 e. The average Bonchev–Trinajstić information content (AvgIpc) is 2.95. The summed E-state index contributed by atoms with van der Waals surface area (Å²) in [7, 11) is 3.86. The zero-order valence-corrected chi connectivity index (χ0v) is 12.7. The summed E-state index contributed by atoms with van der Waals surface area (Å²) in [6.07, 6.45) is 3.39. The second-order valence-corrected chi connectivity index (χ2v) is 5.11. The van der Waals surface area contributed by atoms with Gasteiger partial charge in [-0.2, -0.15) is 10.1 Å². The lowest BCUT2D eigenvalue weighted by Crippen LogP contribution is -2.29. The predicted molar refractivity (Wildman–Crippen MR) is 78.6 cm³/mol. The van der Waals surface area contributed by atoms with E-state index in [4.69, 9.17) is 11.6 Å². The molecule has 1 N–H and O–H groups in total. The summed E-state index contributed by atoms with van der Waals surface area (Å²) in [6, 6.07) is 0. The van der Waals surface area contributed by atoms with Gasteiger partial charge in [-0.15, -0.1) is 0 Å². The molecule has 0 unspecified atom stereocenters. The summed E-state index contributed by atoms with van der Waals surface area (Å²) in [5.74, 6) is 0.589. The Labute approximate surface area is 126 Å². The normalized spacial score (nSPS) is 11.0. The number of nitrogens with one attached hydrogen (secondary N) is 1. The predicted octanol–water partition coefficient (Wildman–Crippen LogP) is 0.496. The van der Waals surface area contributed by atoms with Crippen molar-refractivity contribution in [1.82, 2.24) is 24.8 Å². The fourth-order valence-electron chi connectivity index (χ4n) is 1.65. The fourth-order valence-corrected chi connectivity index (χ4v) is 1.87. The van der Waals surface area contributed by atoms with Crippen molar-refractivity contribution >= 4 is 17.3 Å². The molecular formula is C12H17ClN6O2. The highest BCUT2D eigenvalue weighted by atomic mass is 35.5. The van der Waals surface area contributed by atoms with Gasteiger partial charge in [-0.1, -0.05) is 16.8 Å². The van der Waals surface area contributed by atoms with Gasteiger partial charge < -0.3 is 14.7 Å². The Morgan fingerprint density at radius 1 is 1.48 bits per heavy atom. The molecule has 9 heteroatoms. The zero-order chi connectivity index (χ0) is 15.2. The van der Waals surface area contributed by atoms with Gasteiger partial charge in [0.2, 0.25) is 6.39 Å². The van der Waals surface area contributed by atoms with Crippen LogP contribution in [0, 0.1) is 0 Å². The molecule has 0 aliphatic heterocycles. The minimum absolute atomic E-state index is 0.136. The van der Waals surface area contributed by atoms with E-state index in [1.54, 1.807) is 6.20 Å². The van der Waals surface area contributed by atoms with E-state index in [-0.39, 0.29) is 10.6 Å². The van der Waals surface area contributed by atoms with Crippen LogP contribution in [0.15, 0.2) is 21.9 Å². The summed E-state index contributed by atoms with van der Waals surface area (Å²) >= 11 is 6.08. The standard InChI is InChI=1S/C12H17ClN6O2/c1-18(2)5-6-19-12(20)11(13)9(7-16-19)14-4-3-10-15-8-21-17-10/h7-8,14H,3-6H2,1-2H3. The molecule has 0 saturated heterocycles. The van der Waals surface area contributed by atoms with Gasteiger partial charge in [0, 0.05) is 19.5 Å². The van der Waals surface area contributed by atoms with Crippen LogP contribution < -0.4 is 10.9 Å². The van der Waals surface area contributed by atoms with E-state index < -0.39 is 0 Å². The molecule has 0 saturated carbocycles. The summed E-state index contributed by atoms with van der Waals surface area (Å²) in [6.45, 7) is 1.74. The molecule has 0 atom stereocenters. The molecule has 0 aliphatic carbocycles. The maximum atomic E-state index is 12.1. The van der Waals surface area contributed by atoms with Gasteiger partial charge in [-0.3, -0.25) is 4.79 Å². The van der Waals surface area contributed by atoms with E-state index in [9.17, 15) is 4.79 Å². The van der Waals surface area contributed by atoms with Crippen LogP contribution in [0.25, 0.3) is 0 Å². The Kier molecular flexibility index (Phi) is 5.29. The quantitative estimate of drug-likeness (QED) is 0.796. The van der Waals surface area contributed by atoms with Crippen molar-refractivity contribution in [3.05, 3.63) is 33.8 Å². The number of hydrogen-bond donors (Lipinski definition) is 1. The maximum absolute atomic E-state index is 12.1. The lowest BCUT2D eigenvalue weighted by Gasteiger charge is -2.12. The molecule has 8 nitrogen and oxygen atoms in total. The molecule has 114 valence electrons. The Morgan fingerprint density at radius 3 is 2.95 bits per heavy atom. The van der Waals surface area contributed by atoms with Crippen molar-refractivity contribution in [2.75, 3.05) is 32.5 Å². The first-order valence-corrected chi connectivity index (χ1v) is 6.85. The molecule has 21 heavy (non-hydrogen) atoms. The van der Waals surface area contributed by atoms with Crippen LogP contribution in [0.2, 0.25) is 5.02 Å². The van der Waals surface area contributed by atoms with E-state index in [0.29, 0.717) is 37.6 Å². The van der Waals surface area contributed by atoms with Gasteiger partial charge in [0.05, 0.1) is 18.4 Å². The van der Waals surface area contributed by atoms with Crippen LogP contribution >= 0.6 is 11.6 Å². The Morgan fingerprint density at radius 2 is 2.29 bits per heavy atom. The molecule has 0 spiro atoms. The Balaban J connectivity index is 1.97. The van der Waals surface area contributed by atoms with Gasteiger partial charge in [-0.25, -0.2) is 4.68 Å². The van der Waals surface area contributed by atoms with Gasteiger partial charge in [-0.05, 0) is 14.1 Å². The summed E-state index contributed by atoms with van der Waals surface area (Å²) in [5.41, 5.74) is 0.203. The van der Waals surface area contributed by atoms with Crippen molar-refractivity contribution in [2.24, 2.45) is 0 Å². The molecule has 2 aromatic heterocycles. The second kappa shape index (κ2) is 7.19. The SMILES string of the molecule is CN(C)CCn1ncc(NCCc2ncon2)c(Cl)c1=O. The number of anilines is 1. The van der Waals surface area contributed by atoms with Gasteiger partial charge in [0.1, 0.15) is 5.02 Å². The van der Waals surface area contributed by atoms with Crippen LogP contribution in [0.5, 0.6) is 0 Å². The number of halogens is 1. The van der Waals surface area contributed by atoms with Crippen molar-refractivity contribution in [3.8, 4) is 0 Å². The molecule has 0 aliphatic rings. The van der Waals surface area contributed by atoms with Crippen molar-refractivity contribution in [1.29, 1.82) is 0 Å². The van der Waals surface area contributed by atoms with E-state index in [1.807, 2.05) is 19.0 Å². The molecule has 0 bridgehead atoms. The third-order valence-electron chi connectivity index (χ3n) is 2.81. The van der Waals surface area contributed by atoms with Gasteiger partial charge in [0.25, 0.3) is 5.56 Å². The summed E-state index contributed by atoms with van der Waals surface area (Å²) < 4.78 is 5.99. The van der Waals surface area contributed by atoms with Gasteiger partial charge >= 0.3 is 0 Å². The average molecular weight is 313 g/mol. The third-order valence-corrected chi connectivity index (χ3v) is 3.18. The third kappa shape index (κ3) is 4.27. The topological polar surface area (TPSA) is 89.1 Å². The fraction of sp³-hybridized carbons (Fsp3) is 0.500. The van der Waals surface area contributed by atoms with Crippen molar-refractivity contribution < 1.29 is 4.52 Å². The van der Waals surface area contributed by atoms with E-state index in [1.165, 1.54) is 11.1 Å². The highest BCUT2D eigenvalue weighted by Gasteiger charge is 2.09. The molecule has 0 aromatic carbocycles. The first-order valence-electron chi connectivity index (χ1n) is 6.47. The lowest BCUT2D eigenvalue weighted by molar-refractivity contribution is 0.367. The largest absolute Gasteiger partial charge is 0.382 e. The Bertz CT molecular complexity index is 625. The molecule has 0 amide bonds. The van der Waals surface area contributed by atoms with Crippen LogP contribution in [0.1, 0.15) is 5.82 Å². The summed E-state index contributed by atoms with van der Waals surface area (Å²) in [4.78, 5) is 17.9. The lowest BCUT2D eigenvalue weighted by atomic mass is 10.3. The highest BCUT2D eigenvalue weighted by molar-refractivity contribution is 6.32. The molecular weight excluding hydrogens is 296 g/mol. The molecule has 0 radical (unpaired) electrons. The van der Waals surface area contributed by atoms with E-state index >= 15 is 0 Å². The second-order valence-electron chi connectivity index (χ2n) is 4.73. The van der Waals surface area contributed by atoms with Gasteiger partial charge in [0.15, 0.2) is 5.82 Å². The van der Waals surface area contributed by atoms with Crippen LogP contribution in [-0.4, -0.2) is 52.0 Å². The molecule has 2 aromatic rings. The molecule has 0 fully saturated rings. The van der Waals surface area contributed by atoms with E-state index in [0.717, 1.165) is 0 Å². The highest BCUT2D eigenvalue weighted by Crippen LogP contribution is 2.14. The first-order chi connectivity index (χ1) is 10.1. The van der Waals surface area contributed by atoms with E-state index in [2.05, 4.69) is 25.1 Å².